The van der Waals surface area contributed by atoms with Crippen LogP contribution in [0.15, 0.2) is 47.4 Å². The van der Waals surface area contributed by atoms with Gasteiger partial charge < -0.3 is 14.4 Å². The summed E-state index contributed by atoms with van der Waals surface area (Å²) in [5.74, 6) is 1.05. The Balaban J connectivity index is 1.46. The van der Waals surface area contributed by atoms with Gasteiger partial charge in [-0.25, -0.2) is 8.42 Å². The summed E-state index contributed by atoms with van der Waals surface area (Å²) in [5, 5.41) is 0. The van der Waals surface area contributed by atoms with E-state index in [0.29, 0.717) is 43.2 Å². The molecule has 142 valence electrons. The summed E-state index contributed by atoms with van der Waals surface area (Å²) in [6.45, 7) is 3.61. The van der Waals surface area contributed by atoms with Crippen molar-refractivity contribution in [2.24, 2.45) is 0 Å². The second-order valence-corrected chi connectivity index (χ2v) is 8.45. The molecule has 0 radical (unpaired) electrons. The van der Waals surface area contributed by atoms with Crippen LogP contribution < -0.4 is 14.4 Å². The summed E-state index contributed by atoms with van der Waals surface area (Å²) in [4.78, 5) is 13.7. The molecule has 0 aromatic heterocycles. The number of fused-ring (bicyclic) bond motifs is 1. The number of nitrogens with zero attached hydrogens (tertiary/aromatic N) is 2. The first-order valence-corrected chi connectivity index (χ1v) is 10.1. The largest absolute Gasteiger partial charge is 0.454 e. The van der Waals surface area contributed by atoms with Crippen molar-refractivity contribution >= 4 is 21.5 Å². The van der Waals surface area contributed by atoms with Crippen molar-refractivity contribution in [1.82, 2.24) is 4.31 Å². The van der Waals surface area contributed by atoms with E-state index in [9.17, 15) is 13.2 Å². The van der Waals surface area contributed by atoms with E-state index >= 15 is 0 Å². The lowest BCUT2D eigenvalue weighted by molar-refractivity contribution is 0.101. The summed E-state index contributed by atoms with van der Waals surface area (Å²) < 4.78 is 37.9. The predicted octanol–water partition coefficient (Wildman–Crippen LogP) is 2.13. The number of piperazine rings is 1. The van der Waals surface area contributed by atoms with Crippen molar-refractivity contribution in [1.29, 1.82) is 0 Å². The zero-order valence-electron chi connectivity index (χ0n) is 14.9. The molecule has 0 aliphatic carbocycles. The van der Waals surface area contributed by atoms with Crippen LogP contribution in [0.3, 0.4) is 0 Å². The van der Waals surface area contributed by atoms with Crippen molar-refractivity contribution in [2.45, 2.75) is 11.8 Å². The molecule has 2 aromatic carbocycles. The highest BCUT2D eigenvalue weighted by Gasteiger charge is 2.30. The van der Waals surface area contributed by atoms with Gasteiger partial charge in [0.05, 0.1) is 4.90 Å². The van der Waals surface area contributed by atoms with Crippen LogP contribution in [0.1, 0.15) is 17.3 Å². The molecule has 4 rings (SSSR count). The smallest absolute Gasteiger partial charge is 0.243 e. The van der Waals surface area contributed by atoms with E-state index in [0.717, 1.165) is 5.69 Å². The van der Waals surface area contributed by atoms with Crippen LogP contribution in [-0.2, 0) is 10.0 Å². The molecule has 0 bridgehead atoms. The van der Waals surface area contributed by atoms with Gasteiger partial charge in [-0.15, -0.1) is 0 Å². The van der Waals surface area contributed by atoms with Gasteiger partial charge in [0.2, 0.25) is 16.8 Å². The van der Waals surface area contributed by atoms with Gasteiger partial charge in [0.15, 0.2) is 17.3 Å². The van der Waals surface area contributed by atoms with Gasteiger partial charge in [-0.1, -0.05) is 0 Å². The number of anilines is 1. The maximum Gasteiger partial charge on any atom is 0.243 e. The maximum absolute atomic E-state index is 12.9. The van der Waals surface area contributed by atoms with Crippen molar-refractivity contribution in [3.63, 3.8) is 0 Å². The highest BCUT2D eigenvalue weighted by atomic mass is 32.2. The van der Waals surface area contributed by atoms with Gasteiger partial charge in [-0.05, 0) is 43.3 Å². The third kappa shape index (κ3) is 3.38. The first-order valence-electron chi connectivity index (χ1n) is 8.71. The molecule has 0 unspecified atom stereocenters. The minimum Gasteiger partial charge on any atom is -0.454 e. The second-order valence-electron chi connectivity index (χ2n) is 6.51. The Morgan fingerprint density at radius 1 is 0.926 bits per heavy atom. The number of rotatable bonds is 4. The Labute approximate surface area is 158 Å². The first kappa shape index (κ1) is 17.8. The number of benzene rings is 2. The number of Topliss-reactive ketones (excluding diaryl/α,β-unsaturated/α-hetero) is 1. The van der Waals surface area contributed by atoms with Crippen molar-refractivity contribution in [2.75, 3.05) is 37.9 Å². The number of hydrogen-bond donors (Lipinski definition) is 0. The maximum atomic E-state index is 12.9. The topological polar surface area (TPSA) is 76.2 Å². The molecule has 2 aromatic rings. The second kappa shape index (κ2) is 6.86. The molecular weight excluding hydrogens is 368 g/mol. The number of ether oxygens (including phenoxy) is 2. The summed E-state index contributed by atoms with van der Waals surface area (Å²) in [6, 6.07) is 12.1. The molecule has 2 aliphatic heterocycles. The summed E-state index contributed by atoms with van der Waals surface area (Å²) in [6.07, 6.45) is 0. The van der Waals surface area contributed by atoms with Gasteiger partial charge in [-0.2, -0.15) is 4.31 Å². The van der Waals surface area contributed by atoms with Crippen LogP contribution in [0.25, 0.3) is 0 Å². The fraction of sp³-hybridized carbons (Fsp3) is 0.316. The quantitative estimate of drug-likeness (QED) is 0.747. The van der Waals surface area contributed by atoms with E-state index in [1.165, 1.54) is 17.3 Å². The van der Waals surface area contributed by atoms with E-state index in [2.05, 4.69) is 4.90 Å². The Kier molecular flexibility index (Phi) is 4.53. The third-order valence-electron chi connectivity index (χ3n) is 4.86. The molecule has 0 atom stereocenters. The van der Waals surface area contributed by atoms with Crippen LogP contribution in [0, 0.1) is 0 Å². The zero-order valence-corrected chi connectivity index (χ0v) is 15.7. The Bertz CT molecular complexity index is 964. The third-order valence-corrected chi connectivity index (χ3v) is 6.75. The minimum absolute atomic E-state index is 0.0289. The van der Waals surface area contributed by atoms with Crippen molar-refractivity contribution in [3.05, 3.63) is 48.0 Å². The molecule has 7 nitrogen and oxygen atoms in total. The molecule has 0 N–H and O–H groups in total. The average Bonchev–Trinajstić information content (AvgIpc) is 3.16. The van der Waals surface area contributed by atoms with Crippen LogP contribution in [0.2, 0.25) is 0 Å². The minimum atomic E-state index is -3.58. The number of ketones is 1. The predicted molar refractivity (Wildman–Crippen MR) is 100.0 cm³/mol. The van der Waals surface area contributed by atoms with E-state index in [-0.39, 0.29) is 17.5 Å². The lowest BCUT2D eigenvalue weighted by atomic mass is 10.1. The SMILES string of the molecule is CC(=O)c1ccc(N2CCN(S(=O)(=O)c3ccc4c(c3)OCO4)CC2)cc1. The molecule has 8 heteroatoms. The average molecular weight is 388 g/mol. The fourth-order valence-corrected chi connectivity index (χ4v) is 4.72. The molecule has 1 saturated heterocycles. The molecule has 1 fully saturated rings. The summed E-state index contributed by atoms with van der Waals surface area (Å²) in [7, 11) is -3.58. The highest BCUT2D eigenvalue weighted by Crippen LogP contribution is 2.34. The number of sulfonamides is 1. The van der Waals surface area contributed by atoms with E-state index in [4.69, 9.17) is 9.47 Å². The van der Waals surface area contributed by atoms with Gasteiger partial charge in [-0.3, -0.25) is 4.79 Å². The molecule has 0 saturated carbocycles. The highest BCUT2D eigenvalue weighted by molar-refractivity contribution is 7.89. The zero-order chi connectivity index (χ0) is 19.0. The van der Waals surface area contributed by atoms with Gasteiger partial charge in [0, 0.05) is 43.5 Å². The lowest BCUT2D eigenvalue weighted by Crippen LogP contribution is -2.48. The molecule has 0 amide bonds. The standard InChI is InChI=1S/C19H20N2O5S/c1-14(22)15-2-4-16(5-3-15)20-8-10-21(11-9-20)27(23,24)17-6-7-18-19(12-17)26-13-25-18/h2-7,12H,8-11,13H2,1H3. The Hall–Kier alpha value is -2.58. The van der Waals surface area contributed by atoms with Crippen LogP contribution in [0.4, 0.5) is 5.69 Å². The monoisotopic (exact) mass is 388 g/mol. The molecule has 27 heavy (non-hydrogen) atoms. The Morgan fingerprint density at radius 3 is 2.26 bits per heavy atom. The fourth-order valence-electron chi connectivity index (χ4n) is 3.28. The van der Waals surface area contributed by atoms with E-state index in [1.54, 1.807) is 24.3 Å². The number of hydrogen-bond acceptors (Lipinski definition) is 6. The normalized spacial score (nSPS) is 17.1. The lowest BCUT2D eigenvalue weighted by Gasteiger charge is -2.35. The summed E-state index contributed by atoms with van der Waals surface area (Å²) in [5.41, 5.74) is 1.66. The van der Waals surface area contributed by atoms with Crippen LogP contribution in [-0.4, -0.2) is 51.5 Å². The van der Waals surface area contributed by atoms with Crippen molar-refractivity contribution < 1.29 is 22.7 Å². The van der Waals surface area contributed by atoms with Gasteiger partial charge in [0.1, 0.15) is 0 Å². The number of carbonyl (C=O) groups excluding carboxylic acids is 1. The summed E-state index contributed by atoms with van der Waals surface area (Å²) >= 11 is 0. The van der Waals surface area contributed by atoms with Gasteiger partial charge in [0.25, 0.3) is 0 Å². The number of carbonyl (C=O) groups is 1. The van der Waals surface area contributed by atoms with Gasteiger partial charge >= 0.3 is 0 Å². The van der Waals surface area contributed by atoms with Crippen molar-refractivity contribution in [3.8, 4) is 11.5 Å². The van der Waals surface area contributed by atoms with E-state index in [1.807, 2.05) is 12.1 Å². The van der Waals surface area contributed by atoms with Crippen LogP contribution in [0.5, 0.6) is 11.5 Å². The molecule has 2 aliphatic rings. The molecule has 2 heterocycles. The molecule has 0 spiro atoms. The first-order chi connectivity index (χ1) is 12.9. The van der Waals surface area contributed by atoms with Crippen LogP contribution >= 0.6 is 0 Å². The van der Waals surface area contributed by atoms with E-state index < -0.39 is 10.0 Å². The Morgan fingerprint density at radius 2 is 1.59 bits per heavy atom. The molecular formula is C19H20N2O5S.